The van der Waals surface area contributed by atoms with Gasteiger partial charge in [-0.25, -0.2) is 0 Å². The largest absolute Gasteiger partial charge is 0.286 e. The molecular formula is C8H9ClN. The molecule has 0 atom stereocenters. The summed E-state index contributed by atoms with van der Waals surface area (Å²) in [7, 11) is 0. The van der Waals surface area contributed by atoms with E-state index in [9.17, 15) is 0 Å². The summed E-state index contributed by atoms with van der Waals surface area (Å²) in [5, 5.41) is 4.93. The zero-order valence-corrected chi connectivity index (χ0v) is 6.60. The third-order valence-corrected chi connectivity index (χ3v) is 1.38. The van der Waals surface area contributed by atoms with Crippen LogP contribution in [-0.2, 0) is 0 Å². The average molecular weight is 155 g/mol. The molecule has 0 aliphatic carbocycles. The smallest absolute Gasteiger partial charge is 0.0588 e. The minimum absolute atomic E-state index is 0.745. The van der Waals surface area contributed by atoms with Gasteiger partial charge in [-0.05, 0) is 25.1 Å². The fourth-order valence-electron chi connectivity index (χ4n) is 0.757. The highest BCUT2D eigenvalue weighted by atomic mass is 35.5. The van der Waals surface area contributed by atoms with Crippen molar-refractivity contribution in [1.29, 1.82) is 0 Å². The summed E-state index contributed by atoms with van der Waals surface area (Å²) in [5.41, 5.74) is 0.954. The van der Waals surface area contributed by atoms with E-state index in [1.807, 2.05) is 31.2 Å². The lowest BCUT2D eigenvalue weighted by atomic mass is 10.3. The first kappa shape index (κ1) is 7.42. The molecule has 0 spiro atoms. The van der Waals surface area contributed by atoms with Crippen molar-refractivity contribution in [3.63, 3.8) is 0 Å². The molecule has 1 radical (unpaired) electrons. The molecule has 0 N–H and O–H groups in total. The molecule has 0 aliphatic rings. The number of halogens is 1. The lowest BCUT2D eigenvalue weighted by Crippen LogP contribution is -1.93. The molecule has 1 nitrogen and oxygen atoms in total. The maximum Gasteiger partial charge on any atom is 0.0588 e. The van der Waals surface area contributed by atoms with E-state index in [0.29, 0.717) is 0 Å². The van der Waals surface area contributed by atoms with Crippen molar-refractivity contribution < 1.29 is 0 Å². The van der Waals surface area contributed by atoms with Gasteiger partial charge < -0.3 is 0 Å². The average Bonchev–Trinajstić information content (AvgIpc) is 1.88. The van der Waals surface area contributed by atoms with Crippen LogP contribution in [0.1, 0.15) is 6.92 Å². The van der Waals surface area contributed by atoms with Gasteiger partial charge in [-0.1, -0.05) is 17.7 Å². The Bertz CT molecular complexity index is 210. The third-order valence-electron chi connectivity index (χ3n) is 1.15. The first-order chi connectivity index (χ1) is 4.83. The Kier molecular flexibility index (Phi) is 2.57. The molecule has 0 fully saturated rings. The zero-order valence-electron chi connectivity index (χ0n) is 5.84. The van der Waals surface area contributed by atoms with Crippen molar-refractivity contribution in [2.24, 2.45) is 0 Å². The first-order valence-corrected chi connectivity index (χ1v) is 3.64. The summed E-state index contributed by atoms with van der Waals surface area (Å²) < 4.78 is 0. The van der Waals surface area contributed by atoms with Gasteiger partial charge in [-0.2, -0.15) is 0 Å². The molecule has 0 unspecified atom stereocenters. The lowest BCUT2D eigenvalue weighted by molar-refractivity contribution is 0.913. The monoisotopic (exact) mass is 154 g/mol. The molecule has 0 saturated heterocycles. The van der Waals surface area contributed by atoms with Gasteiger partial charge in [0.05, 0.1) is 5.69 Å². The van der Waals surface area contributed by atoms with E-state index in [-0.39, 0.29) is 0 Å². The molecule has 0 bridgehead atoms. The Hall–Kier alpha value is -0.690. The van der Waals surface area contributed by atoms with Gasteiger partial charge in [0, 0.05) is 11.6 Å². The molecule has 1 rings (SSSR count). The van der Waals surface area contributed by atoms with E-state index < -0.39 is 0 Å². The van der Waals surface area contributed by atoms with Crippen LogP contribution in [0.25, 0.3) is 0 Å². The predicted molar refractivity (Wildman–Crippen MR) is 43.8 cm³/mol. The van der Waals surface area contributed by atoms with E-state index in [0.717, 1.165) is 17.3 Å². The van der Waals surface area contributed by atoms with Crippen molar-refractivity contribution >= 4 is 17.3 Å². The van der Waals surface area contributed by atoms with Gasteiger partial charge >= 0.3 is 0 Å². The van der Waals surface area contributed by atoms with Crippen molar-refractivity contribution in [2.45, 2.75) is 6.92 Å². The number of hydrogen-bond acceptors (Lipinski definition) is 0. The molecule has 0 aliphatic heterocycles. The summed E-state index contributed by atoms with van der Waals surface area (Å²) in [6, 6.07) is 7.54. The predicted octanol–water partition coefficient (Wildman–Crippen LogP) is 2.60. The highest BCUT2D eigenvalue weighted by Crippen LogP contribution is 2.14. The van der Waals surface area contributed by atoms with Gasteiger partial charge in [0.2, 0.25) is 0 Å². The maximum absolute atomic E-state index is 5.72. The van der Waals surface area contributed by atoms with Crippen molar-refractivity contribution in [2.75, 3.05) is 6.54 Å². The molecule has 2 heteroatoms. The zero-order chi connectivity index (χ0) is 7.40. The van der Waals surface area contributed by atoms with Crippen LogP contribution < -0.4 is 5.32 Å². The van der Waals surface area contributed by atoms with Gasteiger partial charge in [-0.15, -0.1) is 0 Å². The highest BCUT2D eigenvalue weighted by Gasteiger charge is 1.90. The number of nitrogens with zero attached hydrogens (tertiary/aromatic N) is 1. The normalized spacial score (nSPS) is 9.40. The van der Waals surface area contributed by atoms with Crippen LogP contribution in [0.15, 0.2) is 24.3 Å². The molecule has 53 valence electrons. The first-order valence-electron chi connectivity index (χ1n) is 3.26. The quantitative estimate of drug-likeness (QED) is 0.622. The summed E-state index contributed by atoms with van der Waals surface area (Å²) in [5.74, 6) is 0. The topological polar surface area (TPSA) is 14.1 Å². The van der Waals surface area contributed by atoms with E-state index >= 15 is 0 Å². The summed E-state index contributed by atoms with van der Waals surface area (Å²) in [6.45, 7) is 2.81. The number of rotatable bonds is 2. The molecule has 0 amide bonds. The molecule has 0 heterocycles. The fourth-order valence-corrected chi connectivity index (χ4v) is 0.942. The van der Waals surface area contributed by atoms with Gasteiger partial charge in [0.25, 0.3) is 0 Å². The highest BCUT2D eigenvalue weighted by molar-refractivity contribution is 6.30. The van der Waals surface area contributed by atoms with Crippen LogP contribution in [0.2, 0.25) is 5.02 Å². The summed E-state index contributed by atoms with van der Waals surface area (Å²) in [4.78, 5) is 0. The van der Waals surface area contributed by atoms with Crippen molar-refractivity contribution in [3.05, 3.63) is 29.3 Å². The van der Waals surface area contributed by atoms with Gasteiger partial charge in [-0.3, -0.25) is 5.32 Å². The minimum Gasteiger partial charge on any atom is -0.286 e. The van der Waals surface area contributed by atoms with Crippen LogP contribution >= 0.6 is 11.6 Å². The molecule has 1 aromatic carbocycles. The van der Waals surface area contributed by atoms with E-state index in [4.69, 9.17) is 11.6 Å². The standard InChI is InChI=1S/C8H9ClN/c1-2-10-8-5-3-4-7(9)6-8/h3-6H,2H2,1H3. The summed E-state index contributed by atoms with van der Waals surface area (Å²) in [6.07, 6.45) is 0. The van der Waals surface area contributed by atoms with E-state index in [2.05, 4.69) is 5.32 Å². The Balaban J connectivity index is 2.75. The van der Waals surface area contributed by atoms with Crippen LogP contribution in [-0.4, -0.2) is 6.54 Å². The van der Waals surface area contributed by atoms with Gasteiger partial charge in [0.15, 0.2) is 0 Å². The Morgan fingerprint density at radius 1 is 1.50 bits per heavy atom. The van der Waals surface area contributed by atoms with E-state index in [1.54, 1.807) is 0 Å². The molecule has 1 aromatic rings. The second-order valence-electron chi connectivity index (χ2n) is 1.95. The number of benzene rings is 1. The summed E-state index contributed by atoms with van der Waals surface area (Å²) >= 11 is 5.72. The van der Waals surface area contributed by atoms with Crippen LogP contribution in [0.4, 0.5) is 5.69 Å². The van der Waals surface area contributed by atoms with Crippen LogP contribution in [0.5, 0.6) is 0 Å². The molecule has 0 saturated carbocycles. The Morgan fingerprint density at radius 3 is 2.90 bits per heavy atom. The SMILES string of the molecule is CC[N]c1cccc(Cl)c1. The fraction of sp³-hybridized carbons (Fsp3) is 0.250. The lowest BCUT2D eigenvalue weighted by Gasteiger charge is -1.97. The van der Waals surface area contributed by atoms with Crippen molar-refractivity contribution in [1.82, 2.24) is 5.32 Å². The Labute approximate surface area is 66.0 Å². The maximum atomic E-state index is 5.72. The third kappa shape index (κ3) is 1.92. The van der Waals surface area contributed by atoms with Crippen LogP contribution in [0, 0.1) is 0 Å². The number of hydrogen-bond donors (Lipinski definition) is 0. The van der Waals surface area contributed by atoms with E-state index in [1.165, 1.54) is 0 Å². The molecular weight excluding hydrogens is 146 g/mol. The van der Waals surface area contributed by atoms with Gasteiger partial charge in [0.1, 0.15) is 0 Å². The Morgan fingerprint density at radius 2 is 2.30 bits per heavy atom. The van der Waals surface area contributed by atoms with Crippen LogP contribution in [0.3, 0.4) is 0 Å². The molecule has 0 aromatic heterocycles. The second-order valence-corrected chi connectivity index (χ2v) is 2.39. The second kappa shape index (κ2) is 3.47. The minimum atomic E-state index is 0.745. The van der Waals surface area contributed by atoms with Crippen molar-refractivity contribution in [3.8, 4) is 0 Å². The molecule has 10 heavy (non-hydrogen) atoms.